The quantitative estimate of drug-likeness (QED) is 0.317. The van der Waals surface area contributed by atoms with Gasteiger partial charge in [0.1, 0.15) is 0 Å². The Morgan fingerprint density at radius 3 is 1.96 bits per heavy atom. The Morgan fingerprint density at radius 2 is 1.48 bits per heavy atom. The first-order valence-electron chi connectivity index (χ1n) is 8.18. The average Bonchev–Trinajstić information content (AvgIpc) is 2.52. The highest BCUT2D eigenvalue weighted by Gasteiger charge is 2.30. The number of hydrogen-bond donors (Lipinski definition) is 1. The van der Waals surface area contributed by atoms with Gasteiger partial charge in [0.2, 0.25) is 0 Å². The maximum Gasteiger partial charge on any atom is 0.331 e. The van der Waals surface area contributed by atoms with E-state index in [0.29, 0.717) is 6.42 Å². The Bertz CT molecular complexity index is 402. The van der Waals surface area contributed by atoms with Crippen LogP contribution >= 0.6 is 0 Å². The highest BCUT2D eigenvalue weighted by molar-refractivity contribution is 5.95. The number of hydrogen-bond acceptors (Lipinski definition) is 5. The number of carboxylic acid groups (broad SMARTS) is 1. The molecule has 1 atom stereocenters. The van der Waals surface area contributed by atoms with E-state index in [1.54, 1.807) is 0 Å². The van der Waals surface area contributed by atoms with Crippen LogP contribution in [0.1, 0.15) is 58.8 Å². The summed E-state index contributed by atoms with van der Waals surface area (Å²) in [5, 5.41) is 9.01. The summed E-state index contributed by atoms with van der Waals surface area (Å²) in [7, 11) is 0. The standard InChI is InChI=1S/C17H28O6/c1-4-6-8-10-22-15(18)12-14(13(3)16(19)20)17(21)23-11-9-7-5-2/h14H,3-12H2,1-2H3,(H,19,20). The van der Waals surface area contributed by atoms with E-state index < -0.39 is 23.8 Å². The minimum atomic E-state index is -1.32. The molecule has 1 unspecified atom stereocenters. The number of carboxylic acids is 1. The SMILES string of the molecule is C=C(C(=O)O)C(CC(=O)OCCCCC)C(=O)OCCCCC. The summed E-state index contributed by atoms with van der Waals surface area (Å²) in [6.07, 6.45) is 4.93. The first-order valence-corrected chi connectivity index (χ1v) is 8.18. The molecule has 0 aromatic carbocycles. The van der Waals surface area contributed by atoms with Gasteiger partial charge in [0.05, 0.1) is 25.6 Å². The lowest BCUT2D eigenvalue weighted by Crippen LogP contribution is -2.27. The van der Waals surface area contributed by atoms with Crippen LogP contribution in [0.15, 0.2) is 12.2 Å². The minimum absolute atomic E-state index is 0.210. The second-order valence-corrected chi connectivity index (χ2v) is 5.39. The topological polar surface area (TPSA) is 89.9 Å². The molecule has 0 radical (unpaired) electrons. The van der Waals surface area contributed by atoms with Gasteiger partial charge in [-0.05, 0) is 12.8 Å². The number of esters is 2. The van der Waals surface area contributed by atoms with Crippen molar-refractivity contribution in [2.75, 3.05) is 13.2 Å². The van der Waals surface area contributed by atoms with Crippen molar-refractivity contribution in [3.05, 3.63) is 12.2 Å². The van der Waals surface area contributed by atoms with E-state index in [1.165, 1.54) is 0 Å². The number of ether oxygens (including phenoxy) is 2. The average molecular weight is 328 g/mol. The summed E-state index contributed by atoms with van der Waals surface area (Å²) in [6, 6.07) is 0. The molecule has 0 aliphatic heterocycles. The fraction of sp³-hybridized carbons (Fsp3) is 0.706. The molecule has 0 rings (SSSR count). The Labute approximate surface area is 137 Å². The smallest absolute Gasteiger partial charge is 0.331 e. The Kier molecular flexibility index (Phi) is 11.7. The predicted molar refractivity (Wildman–Crippen MR) is 85.9 cm³/mol. The molecule has 0 aromatic heterocycles. The monoisotopic (exact) mass is 328 g/mol. The van der Waals surface area contributed by atoms with Crippen LogP contribution in [0.3, 0.4) is 0 Å². The number of unbranched alkanes of at least 4 members (excludes halogenated alkanes) is 4. The van der Waals surface area contributed by atoms with Crippen molar-refractivity contribution in [2.45, 2.75) is 58.8 Å². The first-order chi connectivity index (χ1) is 10.9. The molecule has 6 nitrogen and oxygen atoms in total. The number of carbonyl (C=O) groups is 3. The van der Waals surface area contributed by atoms with Crippen LogP contribution in [0.25, 0.3) is 0 Å². The molecule has 0 aromatic rings. The summed E-state index contributed by atoms with van der Waals surface area (Å²) < 4.78 is 10.1. The van der Waals surface area contributed by atoms with Gasteiger partial charge >= 0.3 is 17.9 Å². The highest BCUT2D eigenvalue weighted by atomic mass is 16.5. The molecule has 0 aliphatic rings. The lowest BCUT2D eigenvalue weighted by atomic mass is 9.97. The second-order valence-electron chi connectivity index (χ2n) is 5.39. The molecule has 23 heavy (non-hydrogen) atoms. The molecule has 1 N–H and O–H groups in total. The van der Waals surface area contributed by atoms with E-state index in [1.807, 2.05) is 13.8 Å². The third kappa shape index (κ3) is 9.71. The van der Waals surface area contributed by atoms with Gasteiger partial charge in [-0.15, -0.1) is 0 Å². The summed E-state index contributed by atoms with van der Waals surface area (Å²) in [5.41, 5.74) is -0.351. The van der Waals surface area contributed by atoms with Gasteiger partial charge in [0.15, 0.2) is 0 Å². The molecule has 0 saturated heterocycles. The van der Waals surface area contributed by atoms with Gasteiger partial charge in [-0.25, -0.2) is 4.79 Å². The van der Waals surface area contributed by atoms with Crippen molar-refractivity contribution in [3.63, 3.8) is 0 Å². The van der Waals surface area contributed by atoms with E-state index in [9.17, 15) is 14.4 Å². The maximum atomic E-state index is 12.0. The van der Waals surface area contributed by atoms with E-state index in [-0.39, 0.29) is 25.2 Å². The lowest BCUT2D eigenvalue weighted by molar-refractivity contribution is -0.155. The highest BCUT2D eigenvalue weighted by Crippen LogP contribution is 2.17. The molecule has 0 aliphatic carbocycles. The summed E-state index contributed by atoms with van der Waals surface area (Å²) in [4.78, 5) is 34.8. The second kappa shape index (κ2) is 12.7. The molecule has 6 heteroatoms. The lowest BCUT2D eigenvalue weighted by Gasteiger charge is -2.15. The van der Waals surface area contributed by atoms with Crippen LogP contribution in [0.5, 0.6) is 0 Å². The number of carbonyl (C=O) groups excluding carboxylic acids is 2. The normalized spacial score (nSPS) is 11.6. The summed E-state index contributed by atoms with van der Waals surface area (Å²) >= 11 is 0. The number of aliphatic carboxylic acids is 1. The van der Waals surface area contributed by atoms with Crippen molar-refractivity contribution in [3.8, 4) is 0 Å². The zero-order valence-electron chi connectivity index (χ0n) is 14.1. The van der Waals surface area contributed by atoms with Crippen LogP contribution in [-0.4, -0.2) is 36.2 Å². The van der Waals surface area contributed by atoms with Gasteiger partial charge < -0.3 is 14.6 Å². The van der Waals surface area contributed by atoms with Crippen LogP contribution in [0.4, 0.5) is 0 Å². The van der Waals surface area contributed by atoms with Gasteiger partial charge in [-0.3, -0.25) is 9.59 Å². The maximum absolute atomic E-state index is 12.0. The zero-order valence-corrected chi connectivity index (χ0v) is 14.1. The third-order valence-corrected chi connectivity index (χ3v) is 3.35. The van der Waals surface area contributed by atoms with Crippen LogP contribution < -0.4 is 0 Å². The molecule has 0 bridgehead atoms. The first kappa shape index (κ1) is 21.1. The molecule has 132 valence electrons. The molecular weight excluding hydrogens is 300 g/mol. The van der Waals surface area contributed by atoms with Crippen LogP contribution in [0.2, 0.25) is 0 Å². The van der Waals surface area contributed by atoms with Gasteiger partial charge in [0, 0.05) is 5.57 Å². The van der Waals surface area contributed by atoms with E-state index in [2.05, 4.69) is 6.58 Å². The molecule has 0 amide bonds. The summed E-state index contributed by atoms with van der Waals surface area (Å²) in [6.45, 7) is 7.90. The van der Waals surface area contributed by atoms with Crippen LogP contribution in [0, 0.1) is 5.92 Å². The zero-order chi connectivity index (χ0) is 17.7. The van der Waals surface area contributed by atoms with Gasteiger partial charge in [-0.1, -0.05) is 46.1 Å². The van der Waals surface area contributed by atoms with Crippen molar-refractivity contribution < 1.29 is 29.0 Å². The molecule has 0 spiro atoms. The van der Waals surface area contributed by atoms with E-state index in [0.717, 1.165) is 32.1 Å². The van der Waals surface area contributed by atoms with Crippen molar-refractivity contribution in [1.29, 1.82) is 0 Å². The molecule has 0 fully saturated rings. The third-order valence-electron chi connectivity index (χ3n) is 3.35. The van der Waals surface area contributed by atoms with Crippen molar-refractivity contribution in [1.82, 2.24) is 0 Å². The van der Waals surface area contributed by atoms with Crippen molar-refractivity contribution >= 4 is 17.9 Å². The molecular formula is C17H28O6. The Balaban J connectivity index is 4.50. The molecule has 0 saturated carbocycles. The van der Waals surface area contributed by atoms with E-state index in [4.69, 9.17) is 14.6 Å². The Hall–Kier alpha value is -1.85. The van der Waals surface area contributed by atoms with Crippen molar-refractivity contribution in [2.24, 2.45) is 5.92 Å². The van der Waals surface area contributed by atoms with Gasteiger partial charge in [0.25, 0.3) is 0 Å². The largest absolute Gasteiger partial charge is 0.478 e. The minimum Gasteiger partial charge on any atom is -0.478 e. The number of rotatable bonds is 13. The summed E-state index contributed by atoms with van der Waals surface area (Å²) in [5.74, 6) is -3.87. The van der Waals surface area contributed by atoms with Gasteiger partial charge in [-0.2, -0.15) is 0 Å². The van der Waals surface area contributed by atoms with Crippen LogP contribution in [-0.2, 0) is 23.9 Å². The predicted octanol–water partition coefficient (Wildman–Crippen LogP) is 3.10. The molecule has 0 heterocycles. The van der Waals surface area contributed by atoms with E-state index >= 15 is 0 Å². The fourth-order valence-electron chi connectivity index (χ4n) is 1.89. The Morgan fingerprint density at radius 1 is 0.957 bits per heavy atom. The fourth-order valence-corrected chi connectivity index (χ4v) is 1.89.